The largest absolute Gasteiger partial charge is 0.504 e. The Balaban J connectivity index is 0.000000564. The van der Waals surface area contributed by atoms with Crippen LogP contribution in [0.1, 0.15) is 95.3 Å². The Kier molecular flexibility index (Phi) is 16.0. The number of ether oxygens (including phenoxy) is 2. The molecule has 0 aliphatic heterocycles. The predicted octanol–water partition coefficient (Wildman–Crippen LogP) is 5.45. The summed E-state index contributed by atoms with van der Waals surface area (Å²) < 4.78 is 9.51. The van der Waals surface area contributed by atoms with Gasteiger partial charge < -0.3 is 24.8 Å². The summed E-state index contributed by atoms with van der Waals surface area (Å²) >= 11 is 0. The van der Waals surface area contributed by atoms with E-state index in [0.717, 1.165) is 18.6 Å². The molecule has 0 saturated heterocycles. The molecule has 7 nitrogen and oxygen atoms in total. The van der Waals surface area contributed by atoms with Crippen LogP contribution in [0.2, 0.25) is 0 Å². The highest BCUT2D eigenvalue weighted by Gasteiger charge is 2.13. The summed E-state index contributed by atoms with van der Waals surface area (Å²) in [5.41, 5.74) is -0.0142. The van der Waals surface area contributed by atoms with E-state index in [-0.39, 0.29) is 18.1 Å². The summed E-state index contributed by atoms with van der Waals surface area (Å²) in [5, 5.41) is 27.2. The molecule has 0 fully saturated rings. The van der Waals surface area contributed by atoms with Crippen LogP contribution in [0.25, 0.3) is 0 Å². The van der Waals surface area contributed by atoms with E-state index in [9.17, 15) is 9.59 Å². The number of esters is 2. The molecule has 0 heterocycles. The first-order valence-corrected chi connectivity index (χ1v) is 10.9. The molecule has 0 saturated carbocycles. The zero-order chi connectivity index (χ0) is 22.8. The molecule has 30 heavy (non-hydrogen) atoms. The highest BCUT2D eigenvalue weighted by molar-refractivity contribution is 5.91. The fraction of sp³-hybridized carbons (Fsp3) is 0.652. The lowest BCUT2D eigenvalue weighted by Crippen LogP contribution is -2.04. The fourth-order valence-corrected chi connectivity index (χ4v) is 2.75. The van der Waals surface area contributed by atoms with Crippen molar-refractivity contribution in [2.75, 3.05) is 13.2 Å². The van der Waals surface area contributed by atoms with Gasteiger partial charge in [-0.05, 0) is 32.4 Å². The van der Waals surface area contributed by atoms with Gasteiger partial charge in [0, 0.05) is 6.42 Å². The maximum absolute atomic E-state index is 11.1. The smallest absolute Gasteiger partial charge is 0.338 e. The van der Waals surface area contributed by atoms with Crippen molar-refractivity contribution in [3.63, 3.8) is 0 Å². The SMILES string of the molecule is CCCCCCCCCCCC(=O)OCC.CCOC(=O)c1cc(O)c(O)c(O)c1. The minimum absolute atomic E-state index is 0.0142. The molecule has 3 N–H and O–H groups in total. The number of hydrogen-bond donors (Lipinski definition) is 3. The summed E-state index contributed by atoms with van der Waals surface area (Å²) in [6, 6.07) is 2.04. The third-order valence-corrected chi connectivity index (χ3v) is 4.37. The van der Waals surface area contributed by atoms with Crippen molar-refractivity contribution in [1.82, 2.24) is 0 Å². The maximum atomic E-state index is 11.1. The van der Waals surface area contributed by atoms with Gasteiger partial charge in [-0.15, -0.1) is 0 Å². The molecule has 0 amide bonds. The third-order valence-electron chi connectivity index (χ3n) is 4.37. The number of benzene rings is 1. The number of hydrogen-bond acceptors (Lipinski definition) is 7. The lowest BCUT2D eigenvalue weighted by molar-refractivity contribution is -0.143. The Morgan fingerprint density at radius 3 is 1.67 bits per heavy atom. The molecule has 7 heteroatoms. The number of carbonyl (C=O) groups excluding carboxylic acids is 2. The monoisotopic (exact) mass is 426 g/mol. The van der Waals surface area contributed by atoms with E-state index in [4.69, 9.17) is 20.1 Å². The Morgan fingerprint density at radius 1 is 0.733 bits per heavy atom. The molecule has 0 radical (unpaired) electrons. The molecule has 0 bridgehead atoms. The average Bonchev–Trinajstić information content (AvgIpc) is 2.71. The van der Waals surface area contributed by atoms with Crippen LogP contribution >= 0.6 is 0 Å². The van der Waals surface area contributed by atoms with E-state index in [2.05, 4.69) is 11.7 Å². The van der Waals surface area contributed by atoms with Crippen molar-refractivity contribution in [3.8, 4) is 17.2 Å². The normalized spacial score (nSPS) is 10.1. The van der Waals surface area contributed by atoms with E-state index >= 15 is 0 Å². The van der Waals surface area contributed by atoms with Crippen LogP contribution < -0.4 is 0 Å². The quantitative estimate of drug-likeness (QED) is 0.218. The van der Waals surface area contributed by atoms with Gasteiger partial charge in [0.15, 0.2) is 17.2 Å². The van der Waals surface area contributed by atoms with Crippen LogP contribution in [0.4, 0.5) is 0 Å². The fourth-order valence-electron chi connectivity index (χ4n) is 2.75. The van der Waals surface area contributed by atoms with Gasteiger partial charge in [0.2, 0.25) is 0 Å². The number of aromatic hydroxyl groups is 3. The average molecular weight is 427 g/mol. The molecule has 0 unspecified atom stereocenters. The van der Waals surface area contributed by atoms with Crippen LogP contribution in [0, 0.1) is 0 Å². The van der Waals surface area contributed by atoms with Gasteiger partial charge in [-0.1, -0.05) is 58.3 Å². The Labute approximate surface area is 180 Å². The first-order chi connectivity index (χ1) is 14.4. The van der Waals surface area contributed by atoms with Crippen LogP contribution in [-0.2, 0) is 14.3 Å². The molecule has 0 aliphatic carbocycles. The minimum Gasteiger partial charge on any atom is -0.504 e. The predicted molar refractivity (Wildman–Crippen MR) is 116 cm³/mol. The second-order valence-electron chi connectivity index (χ2n) is 6.97. The Hall–Kier alpha value is -2.44. The van der Waals surface area contributed by atoms with Gasteiger partial charge in [-0.3, -0.25) is 4.79 Å². The standard InChI is InChI=1S/C14H28O2.C9H10O5/c1-3-5-6-7-8-9-10-11-12-13-14(15)16-4-2;1-2-14-9(13)5-3-6(10)8(12)7(11)4-5/h3-13H2,1-2H3;3-4,10-12H,2H2,1H3. The van der Waals surface area contributed by atoms with Crippen molar-refractivity contribution in [2.45, 2.75) is 85.0 Å². The number of phenols is 3. The first-order valence-electron chi connectivity index (χ1n) is 10.9. The lowest BCUT2D eigenvalue weighted by atomic mass is 10.1. The van der Waals surface area contributed by atoms with E-state index in [1.807, 2.05) is 6.92 Å². The third kappa shape index (κ3) is 12.9. The van der Waals surface area contributed by atoms with Gasteiger partial charge in [0.1, 0.15) is 0 Å². The topological polar surface area (TPSA) is 113 Å². The zero-order valence-corrected chi connectivity index (χ0v) is 18.6. The van der Waals surface area contributed by atoms with E-state index in [0.29, 0.717) is 13.0 Å². The van der Waals surface area contributed by atoms with E-state index in [1.165, 1.54) is 51.4 Å². The van der Waals surface area contributed by atoms with Crippen molar-refractivity contribution >= 4 is 11.9 Å². The van der Waals surface area contributed by atoms with Crippen LogP contribution in [-0.4, -0.2) is 40.5 Å². The number of unbranched alkanes of at least 4 members (excludes halogenated alkanes) is 8. The number of carbonyl (C=O) groups is 2. The maximum Gasteiger partial charge on any atom is 0.338 e. The molecule has 0 aromatic heterocycles. The highest BCUT2D eigenvalue weighted by Crippen LogP contribution is 2.35. The molecule has 1 aromatic rings. The van der Waals surface area contributed by atoms with Crippen molar-refractivity contribution < 1.29 is 34.4 Å². The first kappa shape index (κ1) is 27.6. The second kappa shape index (κ2) is 17.4. The molecule has 172 valence electrons. The molecular weight excluding hydrogens is 388 g/mol. The van der Waals surface area contributed by atoms with Crippen LogP contribution in [0.15, 0.2) is 12.1 Å². The van der Waals surface area contributed by atoms with Gasteiger partial charge in [-0.2, -0.15) is 0 Å². The molecule has 0 atom stereocenters. The van der Waals surface area contributed by atoms with Crippen molar-refractivity contribution in [1.29, 1.82) is 0 Å². The highest BCUT2D eigenvalue weighted by atomic mass is 16.5. The zero-order valence-electron chi connectivity index (χ0n) is 18.6. The summed E-state index contributed by atoms with van der Waals surface area (Å²) in [4.78, 5) is 22.2. The van der Waals surface area contributed by atoms with Gasteiger partial charge in [0.25, 0.3) is 0 Å². The Morgan fingerprint density at radius 2 is 1.20 bits per heavy atom. The molecular formula is C23H38O7. The summed E-state index contributed by atoms with van der Waals surface area (Å²) in [7, 11) is 0. The number of phenolic OH excluding ortho intramolecular Hbond substituents is 3. The molecule has 1 rings (SSSR count). The molecule has 0 aliphatic rings. The van der Waals surface area contributed by atoms with E-state index in [1.54, 1.807) is 6.92 Å². The van der Waals surface area contributed by atoms with Crippen molar-refractivity contribution in [3.05, 3.63) is 17.7 Å². The second-order valence-corrected chi connectivity index (χ2v) is 6.97. The summed E-state index contributed by atoms with van der Waals surface area (Å²) in [5.74, 6) is -2.48. The van der Waals surface area contributed by atoms with Gasteiger partial charge >= 0.3 is 11.9 Å². The lowest BCUT2D eigenvalue weighted by Gasteiger charge is -2.04. The van der Waals surface area contributed by atoms with Crippen LogP contribution in [0.3, 0.4) is 0 Å². The van der Waals surface area contributed by atoms with Gasteiger partial charge in [0.05, 0.1) is 18.8 Å². The van der Waals surface area contributed by atoms with Crippen LogP contribution in [0.5, 0.6) is 17.2 Å². The number of rotatable bonds is 13. The minimum atomic E-state index is -0.668. The molecule has 1 aromatic carbocycles. The van der Waals surface area contributed by atoms with Crippen molar-refractivity contribution in [2.24, 2.45) is 0 Å². The van der Waals surface area contributed by atoms with Gasteiger partial charge in [-0.25, -0.2) is 4.79 Å². The summed E-state index contributed by atoms with van der Waals surface area (Å²) in [6.45, 7) is 6.44. The Bertz CT molecular complexity index is 591. The summed E-state index contributed by atoms with van der Waals surface area (Å²) in [6.07, 6.45) is 12.2. The molecule has 0 spiro atoms. The van der Waals surface area contributed by atoms with E-state index < -0.39 is 23.2 Å².